The van der Waals surface area contributed by atoms with Crippen molar-refractivity contribution in [3.63, 3.8) is 0 Å². The van der Waals surface area contributed by atoms with Gasteiger partial charge in [0.25, 0.3) is 5.91 Å². The number of carboxylic acids is 1. The van der Waals surface area contributed by atoms with Crippen LogP contribution >= 0.6 is 0 Å². The summed E-state index contributed by atoms with van der Waals surface area (Å²) in [6.45, 7) is 3.03. The highest BCUT2D eigenvalue weighted by atomic mass is 19.4. The highest BCUT2D eigenvalue weighted by molar-refractivity contribution is 5.94. The summed E-state index contributed by atoms with van der Waals surface area (Å²) < 4.78 is 39.2. The molecule has 0 aliphatic carbocycles. The standard InChI is InChI=1S/C18H24N4O2.C2HF3O2/c1-20(2)13-15-12-19-17-7-8-21(9-10-22(15)17)18(23)14-5-4-6-16(11-14)24-3;3-2(4,5)1(6)7/h4-6,11-12H,7-10,13H2,1-3H3;(H,6,7). The van der Waals surface area contributed by atoms with Crippen molar-refractivity contribution in [2.45, 2.75) is 25.7 Å². The summed E-state index contributed by atoms with van der Waals surface area (Å²) >= 11 is 0. The number of halogens is 3. The lowest BCUT2D eigenvalue weighted by Crippen LogP contribution is -2.33. The fourth-order valence-electron chi connectivity index (χ4n) is 3.09. The van der Waals surface area contributed by atoms with Crippen LogP contribution in [0.15, 0.2) is 30.5 Å². The number of nitrogens with zero attached hydrogens (tertiary/aromatic N) is 4. The van der Waals surface area contributed by atoms with Gasteiger partial charge in [-0.25, -0.2) is 9.78 Å². The van der Waals surface area contributed by atoms with Crippen LogP contribution in [-0.2, 0) is 24.3 Å². The number of carboxylic acid groups (broad SMARTS) is 1. The molecule has 2 heterocycles. The summed E-state index contributed by atoms with van der Waals surface area (Å²) in [6.07, 6.45) is -2.35. The van der Waals surface area contributed by atoms with E-state index in [0.29, 0.717) is 24.4 Å². The Morgan fingerprint density at radius 3 is 2.48 bits per heavy atom. The van der Waals surface area contributed by atoms with Gasteiger partial charge in [-0.2, -0.15) is 13.2 Å². The van der Waals surface area contributed by atoms with Crippen LogP contribution in [0, 0.1) is 0 Å². The van der Waals surface area contributed by atoms with Crippen molar-refractivity contribution in [1.29, 1.82) is 0 Å². The van der Waals surface area contributed by atoms with E-state index < -0.39 is 12.1 Å². The summed E-state index contributed by atoms with van der Waals surface area (Å²) in [4.78, 5) is 30.3. The van der Waals surface area contributed by atoms with Crippen molar-refractivity contribution in [2.24, 2.45) is 0 Å². The van der Waals surface area contributed by atoms with Crippen LogP contribution in [-0.4, -0.2) is 76.8 Å². The molecular formula is C20H25F3N4O4. The van der Waals surface area contributed by atoms with Gasteiger partial charge in [-0.1, -0.05) is 6.07 Å². The molecule has 0 radical (unpaired) electrons. The van der Waals surface area contributed by atoms with Gasteiger partial charge in [0.05, 0.1) is 12.8 Å². The molecule has 1 amide bonds. The molecule has 0 saturated heterocycles. The number of rotatable bonds is 4. The second kappa shape index (κ2) is 10.3. The predicted octanol–water partition coefficient (Wildman–Crippen LogP) is 2.29. The van der Waals surface area contributed by atoms with Crippen molar-refractivity contribution in [3.05, 3.63) is 47.5 Å². The van der Waals surface area contributed by atoms with Crippen LogP contribution < -0.4 is 4.74 Å². The molecule has 170 valence electrons. The Kier molecular flexibility index (Phi) is 8.03. The first-order valence-electron chi connectivity index (χ1n) is 9.44. The maximum absolute atomic E-state index is 12.8. The second-order valence-corrected chi connectivity index (χ2v) is 7.13. The van der Waals surface area contributed by atoms with Gasteiger partial charge in [0.15, 0.2) is 0 Å². The zero-order valence-corrected chi connectivity index (χ0v) is 17.5. The van der Waals surface area contributed by atoms with Gasteiger partial charge >= 0.3 is 12.1 Å². The average molecular weight is 442 g/mol. The first-order valence-corrected chi connectivity index (χ1v) is 9.44. The van der Waals surface area contributed by atoms with Crippen LogP contribution in [0.1, 0.15) is 21.9 Å². The summed E-state index contributed by atoms with van der Waals surface area (Å²) in [7, 11) is 5.71. The molecule has 0 saturated carbocycles. The number of carbonyl (C=O) groups excluding carboxylic acids is 1. The molecule has 0 unspecified atom stereocenters. The monoisotopic (exact) mass is 442 g/mol. The number of amides is 1. The largest absolute Gasteiger partial charge is 0.497 e. The van der Waals surface area contributed by atoms with E-state index in [1.54, 1.807) is 13.2 Å². The summed E-state index contributed by atoms with van der Waals surface area (Å²) in [5.41, 5.74) is 1.87. The van der Waals surface area contributed by atoms with E-state index in [1.165, 1.54) is 5.69 Å². The Balaban J connectivity index is 0.000000423. The Morgan fingerprint density at radius 1 is 1.23 bits per heavy atom. The molecule has 8 nitrogen and oxygen atoms in total. The number of ether oxygens (including phenoxy) is 1. The number of aliphatic carboxylic acids is 1. The number of hydrogen-bond acceptors (Lipinski definition) is 5. The molecule has 2 aromatic rings. The van der Waals surface area contributed by atoms with E-state index in [0.717, 1.165) is 25.3 Å². The summed E-state index contributed by atoms with van der Waals surface area (Å²) in [5.74, 6) is -0.939. The number of benzene rings is 1. The average Bonchev–Trinajstić information content (AvgIpc) is 2.95. The highest BCUT2D eigenvalue weighted by Crippen LogP contribution is 2.18. The molecule has 0 spiro atoms. The zero-order valence-electron chi connectivity index (χ0n) is 17.5. The molecule has 1 aliphatic rings. The van der Waals surface area contributed by atoms with Crippen LogP contribution in [0.3, 0.4) is 0 Å². The summed E-state index contributed by atoms with van der Waals surface area (Å²) in [5, 5.41) is 7.12. The summed E-state index contributed by atoms with van der Waals surface area (Å²) in [6, 6.07) is 7.33. The van der Waals surface area contributed by atoms with Gasteiger partial charge in [0, 0.05) is 44.4 Å². The maximum Gasteiger partial charge on any atom is 0.490 e. The smallest absolute Gasteiger partial charge is 0.490 e. The highest BCUT2D eigenvalue weighted by Gasteiger charge is 2.38. The van der Waals surface area contributed by atoms with E-state index in [1.807, 2.05) is 29.3 Å². The molecule has 1 aliphatic heterocycles. The van der Waals surface area contributed by atoms with Crippen LogP contribution in [0.2, 0.25) is 0 Å². The first kappa shape index (κ1) is 24.2. The van der Waals surface area contributed by atoms with Crippen LogP contribution in [0.4, 0.5) is 13.2 Å². The van der Waals surface area contributed by atoms with Gasteiger partial charge in [0.2, 0.25) is 0 Å². The van der Waals surface area contributed by atoms with Gasteiger partial charge in [-0.15, -0.1) is 0 Å². The Morgan fingerprint density at radius 2 is 1.90 bits per heavy atom. The van der Waals surface area contributed by atoms with Crippen molar-refractivity contribution in [1.82, 2.24) is 19.4 Å². The number of imidazole rings is 1. The van der Waals surface area contributed by atoms with Gasteiger partial charge in [-0.05, 0) is 32.3 Å². The van der Waals surface area contributed by atoms with Crippen LogP contribution in [0.5, 0.6) is 5.75 Å². The lowest BCUT2D eigenvalue weighted by atomic mass is 10.2. The van der Waals surface area contributed by atoms with Crippen molar-refractivity contribution in [3.8, 4) is 5.75 Å². The molecular weight excluding hydrogens is 417 g/mol. The molecule has 3 rings (SSSR count). The molecule has 0 fully saturated rings. The number of hydrogen-bond donors (Lipinski definition) is 1. The van der Waals surface area contributed by atoms with Crippen molar-refractivity contribution in [2.75, 3.05) is 34.3 Å². The molecule has 0 atom stereocenters. The van der Waals surface area contributed by atoms with Gasteiger partial charge in [-0.3, -0.25) is 4.79 Å². The Bertz CT molecular complexity index is 912. The maximum atomic E-state index is 12.8. The number of fused-ring (bicyclic) bond motifs is 1. The van der Waals surface area contributed by atoms with E-state index in [4.69, 9.17) is 14.6 Å². The normalized spacial score (nSPS) is 13.7. The lowest BCUT2D eigenvalue weighted by Gasteiger charge is -2.20. The lowest BCUT2D eigenvalue weighted by molar-refractivity contribution is -0.192. The van der Waals surface area contributed by atoms with E-state index in [-0.39, 0.29) is 5.91 Å². The minimum atomic E-state index is -5.08. The van der Waals surface area contributed by atoms with Crippen molar-refractivity contribution < 1.29 is 32.6 Å². The minimum Gasteiger partial charge on any atom is -0.497 e. The fraction of sp³-hybridized carbons (Fsp3) is 0.450. The number of alkyl halides is 3. The van der Waals surface area contributed by atoms with Crippen LogP contribution in [0.25, 0.3) is 0 Å². The predicted molar refractivity (Wildman–Crippen MR) is 106 cm³/mol. The molecule has 0 bridgehead atoms. The third-order valence-corrected chi connectivity index (χ3v) is 4.54. The number of aromatic nitrogens is 2. The molecule has 1 N–H and O–H groups in total. The third kappa shape index (κ3) is 6.71. The fourth-order valence-corrected chi connectivity index (χ4v) is 3.09. The zero-order chi connectivity index (χ0) is 23.2. The minimum absolute atomic E-state index is 0.0498. The Labute approximate surface area is 177 Å². The van der Waals surface area contributed by atoms with E-state index >= 15 is 0 Å². The third-order valence-electron chi connectivity index (χ3n) is 4.54. The number of methoxy groups -OCH3 is 1. The molecule has 31 heavy (non-hydrogen) atoms. The molecule has 11 heteroatoms. The topological polar surface area (TPSA) is 87.9 Å². The number of carbonyl (C=O) groups is 2. The second-order valence-electron chi connectivity index (χ2n) is 7.13. The quantitative estimate of drug-likeness (QED) is 0.782. The molecule has 1 aromatic carbocycles. The van der Waals surface area contributed by atoms with Gasteiger partial charge < -0.3 is 24.2 Å². The SMILES string of the molecule is COc1cccc(C(=O)N2CCc3ncc(CN(C)C)n3CC2)c1.O=C(O)C(F)(F)F. The van der Waals surface area contributed by atoms with Gasteiger partial charge in [0.1, 0.15) is 11.6 Å². The molecule has 1 aromatic heterocycles. The Hall–Kier alpha value is -3.08. The van der Waals surface area contributed by atoms with Crippen molar-refractivity contribution >= 4 is 11.9 Å². The first-order chi connectivity index (χ1) is 14.5. The van der Waals surface area contributed by atoms with E-state index in [9.17, 15) is 18.0 Å². The van der Waals surface area contributed by atoms with E-state index in [2.05, 4.69) is 28.5 Å².